The number of nitrogens with one attached hydrogen (secondary N) is 1. The maximum absolute atomic E-state index is 12.4. The Kier molecular flexibility index (Phi) is 5.89. The first-order valence-corrected chi connectivity index (χ1v) is 9.39. The van der Waals surface area contributed by atoms with Crippen molar-refractivity contribution in [2.75, 3.05) is 32.8 Å². The van der Waals surface area contributed by atoms with E-state index in [1.54, 1.807) is 26.9 Å². The summed E-state index contributed by atoms with van der Waals surface area (Å²) in [5, 5.41) is 15.9. The summed E-state index contributed by atoms with van der Waals surface area (Å²) in [4.78, 5) is 30.1. The lowest BCUT2D eigenvalue weighted by Gasteiger charge is -2.34. The van der Waals surface area contributed by atoms with Gasteiger partial charge in [0.2, 0.25) is 0 Å². The molecular formula is C17H23N5O3S. The Bertz CT molecular complexity index is 764. The van der Waals surface area contributed by atoms with Crippen molar-refractivity contribution in [3.63, 3.8) is 0 Å². The van der Waals surface area contributed by atoms with Gasteiger partial charge in [-0.05, 0) is 19.1 Å². The highest BCUT2D eigenvalue weighted by Gasteiger charge is 2.25. The summed E-state index contributed by atoms with van der Waals surface area (Å²) in [7, 11) is 0. The Hall–Kier alpha value is -2.39. The molecule has 3 heterocycles. The van der Waals surface area contributed by atoms with Crippen LogP contribution >= 0.6 is 11.3 Å². The van der Waals surface area contributed by atoms with Crippen LogP contribution in [0.1, 0.15) is 20.1 Å². The SMILES string of the molecule is Cc1ccc(C(=O)N2CCN(C(=O)NCc3cnn(CCO)c3)CC2)s1. The molecule has 0 aromatic carbocycles. The minimum atomic E-state index is -0.140. The first kappa shape index (κ1) is 18.4. The van der Waals surface area contributed by atoms with E-state index >= 15 is 0 Å². The van der Waals surface area contributed by atoms with Crippen molar-refractivity contribution in [2.24, 2.45) is 0 Å². The van der Waals surface area contributed by atoms with Crippen LogP contribution in [0.25, 0.3) is 0 Å². The molecule has 26 heavy (non-hydrogen) atoms. The van der Waals surface area contributed by atoms with Gasteiger partial charge in [-0.1, -0.05) is 0 Å². The van der Waals surface area contributed by atoms with Gasteiger partial charge in [-0.2, -0.15) is 5.10 Å². The fraction of sp³-hybridized carbons (Fsp3) is 0.471. The zero-order chi connectivity index (χ0) is 18.5. The van der Waals surface area contributed by atoms with E-state index in [-0.39, 0.29) is 18.5 Å². The molecule has 0 aliphatic carbocycles. The van der Waals surface area contributed by atoms with E-state index in [1.165, 1.54) is 11.3 Å². The Morgan fingerprint density at radius 3 is 2.62 bits per heavy atom. The third-order valence-corrected chi connectivity index (χ3v) is 5.25. The molecule has 3 amide bonds. The van der Waals surface area contributed by atoms with Crippen molar-refractivity contribution in [2.45, 2.75) is 20.0 Å². The smallest absolute Gasteiger partial charge is 0.317 e. The standard InChI is InChI=1S/C17H23N5O3S/c1-13-2-3-15(26-13)16(24)20-4-6-21(7-5-20)17(25)18-10-14-11-19-22(12-14)8-9-23/h2-3,11-12,23H,4-10H2,1H3,(H,18,25). The van der Waals surface area contributed by atoms with Gasteiger partial charge in [-0.3, -0.25) is 9.48 Å². The van der Waals surface area contributed by atoms with E-state index in [0.717, 1.165) is 15.3 Å². The number of piperazine rings is 1. The van der Waals surface area contributed by atoms with Gasteiger partial charge < -0.3 is 20.2 Å². The summed E-state index contributed by atoms with van der Waals surface area (Å²) in [5.41, 5.74) is 0.883. The van der Waals surface area contributed by atoms with Gasteiger partial charge in [0, 0.05) is 49.4 Å². The van der Waals surface area contributed by atoms with Crippen molar-refractivity contribution in [1.29, 1.82) is 0 Å². The van der Waals surface area contributed by atoms with Crippen molar-refractivity contribution in [3.8, 4) is 0 Å². The summed E-state index contributed by atoms with van der Waals surface area (Å²) in [6.45, 7) is 4.96. The molecule has 0 radical (unpaired) electrons. The van der Waals surface area contributed by atoms with Gasteiger partial charge >= 0.3 is 6.03 Å². The maximum atomic E-state index is 12.4. The third-order valence-electron chi connectivity index (χ3n) is 4.26. The molecule has 8 nitrogen and oxygen atoms in total. The van der Waals surface area contributed by atoms with E-state index in [4.69, 9.17) is 5.11 Å². The van der Waals surface area contributed by atoms with Crippen LogP contribution in [0.5, 0.6) is 0 Å². The molecule has 0 bridgehead atoms. The van der Waals surface area contributed by atoms with Gasteiger partial charge in [0.15, 0.2) is 0 Å². The molecule has 1 saturated heterocycles. The third kappa shape index (κ3) is 4.41. The molecule has 9 heteroatoms. The predicted octanol–water partition coefficient (Wildman–Crippen LogP) is 0.913. The first-order valence-electron chi connectivity index (χ1n) is 8.57. The summed E-state index contributed by atoms with van der Waals surface area (Å²) in [6, 6.07) is 3.67. The van der Waals surface area contributed by atoms with E-state index in [9.17, 15) is 9.59 Å². The molecule has 2 aromatic rings. The van der Waals surface area contributed by atoms with E-state index < -0.39 is 0 Å². The van der Waals surface area contributed by atoms with Gasteiger partial charge in [0.25, 0.3) is 5.91 Å². The average Bonchev–Trinajstić information content (AvgIpc) is 3.28. The molecule has 0 saturated carbocycles. The lowest BCUT2D eigenvalue weighted by molar-refractivity contribution is 0.0669. The molecule has 0 unspecified atom stereocenters. The van der Waals surface area contributed by atoms with Crippen LogP contribution in [-0.4, -0.2) is 69.4 Å². The van der Waals surface area contributed by atoms with Gasteiger partial charge in [0.1, 0.15) is 0 Å². The number of urea groups is 1. The van der Waals surface area contributed by atoms with Gasteiger partial charge in [-0.15, -0.1) is 11.3 Å². The van der Waals surface area contributed by atoms with Crippen molar-refractivity contribution in [3.05, 3.63) is 39.8 Å². The predicted molar refractivity (Wildman–Crippen MR) is 98.1 cm³/mol. The monoisotopic (exact) mass is 377 g/mol. The number of aryl methyl sites for hydroxylation is 1. The largest absolute Gasteiger partial charge is 0.394 e. The lowest BCUT2D eigenvalue weighted by atomic mass is 10.3. The Labute approximate surface area is 156 Å². The molecule has 0 spiro atoms. The van der Waals surface area contributed by atoms with Crippen LogP contribution in [0.4, 0.5) is 4.79 Å². The number of aromatic nitrogens is 2. The summed E-state index contributed by atoms with van der Waals surface area (Å²) in [5.74, 6) is 0.0412. The zero-order valence-corrected chi connectivity index (χ0v) is 15.5. The normalized spacial score (nSPS) is 14.5. The van der Waals surface area contributed by atoms with Crippen LogP contribution in [0.15, 0.2) is 24.5 Å². The molecule has 2 aromatic heterocycles. The van der Waals surface area contributed by atoms with Crippen LogP contribution in [0, 0.1) is 6.92 Å². The number of rotatable bonds is 5. The highest BCUT2D eigenvalue weighted by Crippen LogP contribution is 2.18. The Morgan fingerprint density at radius 1 is 1.23 bits per heavy atom. The fourth-order valence-corrected chi connectivity index (χ4v) is 3.67. The minimum Gasteiger partial charge on any atom is -0.394 e. The molecule has 1 aliphatic heterocycles. The quantitative estimate of drug-likeness (QED) is 0.810. The maximum Gasteiger partial charge on any atom is 0.317 e. The van der Waals surface area contributed by atoms with Crippen LogP contribution in [0.2, 0.25) is 0 Å². The number of carbonyl (C=O) groups is 2. The number of hydrogen-bond acceptors (Lipinski definition) is 5. The highest BCUT2D eigenvalue weighted by molar-refractivity contribution is 7.13. The van der Waals surface area contributed by atoms with Gasteiger partial charge in [-0.25, -0.2) is 4.79 Å². The second-order valence-corrected chi connectivity index (χ2v) is 7.47. The van der Waals surface area contributed by atoms with Crippen molar-refractivity contribution < 1.29 is 14.7 Å². The fourth-order valence-electron chi connectivity index (χ4n) is 2.83. The molecular weight excluding hydrogens is 354 g/mol. The second-order valence-electron chi connectivity index (χ2n) is 6.18. The minimum absolute atomic E-state index is 0.0293. The summed E-state index contributed by atoms with van der Waals surface area (Å²) >= 11 is 1.50. The first-order chi connectivity index (χ1) is 12.6. The molecule has 0 atom stereocenters. The topological polar surface area (TPSA) is 90.7 Å². The van der Waals surface area contributed by atoms with Crippen LogP contribution < -0.4 is 5.32 Å². The summed E-state index contributed by atoms with van der Waals surface area (Å²) in [6.07, 6.45) is 3.48. The highest BCUT2D eigenvalue weighted by atomic mass is 32.1. The van der Waals surface area contributed by atoms with Crippen molar-refractivity contribution in [1.82, 2.24) is 24.9 Å². The summed E-state index contributed by atoms with van der Waals surface area (Å²) < 4.78 is 1.64. The lowest BCUT2D eigenvalue weighted by Crippen LogP contribution is -2.53. The van der Waals surface area contributed by atoms with Gasteiger partial charge in [0.05, 0.1) is 24.2 Å². The number of amides is 3. The number of aliphatic hydroxyl groups is 1. The molecule has 1 aliphatic rings. The molecule has 2 N–H and O–H groups in total. The second kappa shape index (κ2) is 8.33. The molecule has 140 valence electrons. The molecule has 3 rings (SSSR count). The van der Waals surface area contributed by atoms with E-state index in [0.29, 0.717) is 39.3 Å². The number of thiophene rings is 1. The zero-order valence-electron chi connectivity index (χ0n) is 14.7. The number of carbonyl (C=O) groups excluding carboxylic acids is 2. The van der Waals surface area contributed by atoms with Crippen molar-refractivity contribution >= 4 is 23.3 Å². The Morgan fingerprint density at radius 2 is 1.96 bits per heavy atom. The van der Waals surface area contributed by atoms with Crippen LogP contribution in [-0.2, 0) is 13.1 Å². The number of nitrogens with zero attached hydrogens (tertiary/aromatic N) is 4. The Balaban J connectivity index is 1.45. The number of hydrogen-bond donors (Lipinski definition) is 2. The van der Waals surface area contributed by atoms with Crippen LogP contribution in [0.3, 0.4) is 0 Å². The van der Waals surface area contributed by atoms with E-state index in [2.05, 4.69) is 10.4 Å². The number of aliphatic hydroxyl groups excluding tert-OH is 1. The average molecular weight is 377 g/mol. The molecule has 1 fully saturated rings. The van der Waals surface area contributed by atoms with E-state index in [1.807, 2.05) is 19.1 Å².